The van der Waals surface area contributed by atoms with Gasteiger partial charge in [0.1, 0.15) is 49.2 Å². The molecule has 0 spiro atoms. The SMILES string of the molecule is CO[C@@H]1C(=O)c2c(OCc3ccccc3)cc(OCc3ccccc3)cc2OC1c1ccc(OCc2ccccc2)c(OCc2ccccc2)c1. The summed E-state index contributed by atoms with van der Waals surface area (Å²) in [5.41, 5.74) is 5.01. The fourth-order valence-corrected chi connectivity index (χ4v) is 5.93. The Morgan fingerprint density at radius 1 is 0.510 bits per heavy atom. The van der Waals surface area contributed by atoms with Crippen LogP contribution in [0.25, 0.3) is 0 Å². The third-order valence-corrected chi connectivity index (χ3v) is 8.58. The van der Waals surface area contributed by atoms with Crippen molar-refractivity contribution in [1.29, 1.82) is 0 Å². The minimum Gasteiger partial charge on any atom is -0.489 e. The average Bonchev–Trinajstić information content (AvgIpc) is 3.19. The summed E-state index contributed by atoms with van der Waals surface area (Å²) in [4.78, 5) is 14.3. The predicted octanol–water partition coefficient (Wildman–Crippen LogP) is 9.33. The van der Waals surface area contributed by atoms with Crippen LogP contribution < -0.4 is 23.7 Å². The number of fused-ring (bicyclic) bond motifs is 1. The number of carbonyl (C=O) groups excluding carboxylic acids is 1. The van der Waals surface area contributed by atoms with Gasteiger partial charge in [-0.25, -0.2) is 0 Å². The van der Waals surface area contributed by atoms with Crippen LogP contribution in [-0.4, -0.2) is 19.0 Å². The first-order chi connectivity index (χ1) is 25.1. The van der Waals surface area contributed by atoms with Crippen LogP contribution in [0.4, 0.5) is 0 Å². The minimum absolute atomic E-state index is 0.252. The van der Waals surface area contributed by atoms with Crippen LogP contribution in [-0.2, 0) is 31.2 Å². The van der Waals surface area contributed by atoms with Gasteiger partial charge in [-0.2, -0.15) is 0 Å². The fraction of sp³-hybridized carbons (Fsp3) is 0.159. The van der Waals surface area contributed by atoms with E-state index >= 15 is 0 Å². The lowest BCUT2D eigenvalue weighted by Gasteiger charge is -2.33. The fourth-order valence-electron chi connectivity index (χ4n) is 5.93. The van der Waals surface area contributed by atoms with Gasteiger partial charge >= 0.3 is 0 Å². The number of hydrogen-bond donors (Lipinski definition) is 0. The van der Waals surface area contributed by atoms with Crippen LogP contribution in [0.1, 0.15) is 44.3 Å². The molecule has 0 saturated heterocycles. The van der Waals surface area contributed by atoms with Gasteiger partial charge in [-0.1, -0.05) is 127 Å². The number of ketones is 1. The van der Waals surface area contributed by atoms with E-state index in [0.717, 1.165) is 22.3 Å². The first kappa shape index (κ1) is 33.4. The van der Waals surface area contributed by atoms with Gasteiger partial charge in [-0.3, -0.25) is 4.79 Å². The van der Waals surface area contributed by atoms with Crippen molar-refractivity contribution in [1.82, 2.24) is 0 Å². The van der Waals surface area contributed by atoms with Crippen LogP contribution in [0.3, 0.4) is 0 Å². The number of rotatable bonds is 14. The van der Waals surface area contributed by atoms with Gasteiger partial charge < -0.3 is 28.4 Å². The summed E-state index contributed by atoms with van der Waals surface area (Å²) < 4.78 is 37.6. The quantitative estimate of drug-likeness (QED) is 0.114. The summed E-state index contributed by atoms with van der Waals surface area (Å²) in [6, 6.07) is 48.6. The third-order valence-electron chi connectivity index (χ3n) is 8.58. The number of ether oxygens (including phenoxy) is 6. The van der Waals surface area contributed by atoms with Gasteiger partial charge in [0, 0.05) is 19.2 Å². The molecule has 1 heterocycles. The Labute approximate surface area is 297 Å². The van der Waals surface area contributed by atoms with Crippen molar-refractivity contribution in [2.75, 3.05) is 7.11 Å². The molecule has 0 fully saturated rings. The number of Topliss-reactive ketones (excluding diaryl/α,β-unsaturated/α-hetero) is 1. The van der Waals surface area contributed by atoms with Crippen LogP contribution in [0.2, 0.25) is 0 Å². The molecule has 0 bridgehead atoms. The molecule has 2 atom stereocenters. The van der Waals surface area contributed by atoms with Crippen molar-refractivity contribution in [2.45, 2.75) is 38.6 Å². The van der Waals surface area contributed by atoms with Gasteiger partial charge in [-0.05, 0) is 39.9 Å². The Balaban J connectivity index is 1.21. The number of carbonyl (C=O) groups is 1. The van der Waals surface area contributed by atoms with Gasteiger partial charge in [0.15, 0.2) is 23.7 Å². The van der Waals surface area contributed by atoms with Crippen molar-refractivity contribution in [2.24, 2.45) is 0 Å². The van der Waals surface area contributed by atoms with Gasteiger partial charge in [0.05, 0.1) is 0 Å². The van der Waals surface area contributed by atoms with Crippen molar-refractivity contribution in [3.05, 3.63) is 185 Å². The molecule has 1 aliphatic rings. The van der Waals surface area contributed by atoms with Crippen molar-refractivity contribution >= 4 is 5.78 Å². The van der Waals surface area contributed by atoms with E-state index in [2.05, 4.69) is 0 Å². The number of benzene rings is 6. The molecule has 256 valence electrons. The average molecular weight is 679 g/mol. The Morgan fingerprint density at radius 2 is 0.980 bits per heavy atom. The van der Waals surface area contributed by atoms with Gasteiger partial charge in [0.2, 0.25) is 5.78 Å². The zero-order valence-electron chi connectivity index (χ0n) is 28.3. The van der Waals surface area contributed by atoms with E-state index in [4.69, 9.17) is 28.4 Å². The van der Waals surface area contributed by atoms with Crippen LogP contribution in [0, 0.1) is 0 Å². The maximum atomic E-state index is 14.3. The zero-order chi connectivity index (χ0) is 34.8. The molecule has 7 rings (SSSR count). The molecule has 0 saturated carbocycles. The van der Waals surface area contributed by atoms with Crippen molar-refractivity contribution in [3.63, 3.8) is 0 Å². The lowest BCUT2D eigenvalue weighted by atomic mass is 9.92. The van der Waals surface area contributed by atoms with Gasteiger partial charge in [-0.15, -0.1) is 0 Å². The standard InChI is InChI=1S/C44H38O7/c1-46-44-42(45)41-39(50-30-34-20-12-5-13-21-34)25-36(47-27-31-14-6-2-7-15-31)26-40(41)51-43(44)35-22-23-37(48-28-32-16-8-3-9-17-32)38(24-35)49-29-33-18-10-4-11-19-33/h2-26,43-44H,27-30H2,1H3/t43?,44-/m1/s1. The van der Waals surface area contributed by atoms with E-state index in [0.29, 0.717) is 59.7 Å². The Morgan fingerprint density at radius 3 is 1.49 bits per heavy atom. The van der Waals surface area contributed by atoms with Crippen LogP contribution >= 0.6 is 0 Å². The summed E-state index contributed by atoms with van der Waals surface area (Å²) >= 11 is 0. The molecule has 0 amide bonds. The molecular weight excluding hydrogens is 640 g/mol. The summed E-state index contributed by atoms with van der Waals surface area (Å²) in [6.07, 6.45) is -1.74. The van der Waals surface area contributed by atoms with E-state index < -0.39 is 12.2 Å². The highest BCUT2D eigenvalue weighted by Crippen LogP contribution is 2.45. The molecule has 0 aliphatic carbocycles. The molecule has 6 aromatic carbocycles. The zero-order valence-corrected chi connectivity index (χ0v) is 28.3. The van der Waals surface area contributed by atoms with E-state index in [1.165, 1.54) is 7.11 Å². The first-order valence-corrected chi connectivity index (χ1v) is 16.9. The van der Waals surface area contributed by atoms with Gasteiger partial charge in [0.25, 0.3) is 0 Å². The smallest absolute Gasteiger partial charge is 0.203 e. The largest absolute Gasteiger partial charge is 0.489 e. The molecule has 0 radical (unpaired) electrons. The molecule has 1 unspecified atom stereocenters. The molecule has 51 heavy (non-hydrogen) atoms. The second-order valence-electron chi connectivity index (χ2n) is 12.2. The van der Waals surface area contributed by atoms with Crippen molar-refractivity contribution < 1.29 is 33.2 Å². The summed E-state index contributed by atoms with van der Waals surface area (Å²) in [6.45, 7) is 1.29. The number of methoxy groups -OCH3 is 1. The lowest BCUT2D eigenvalue weighted by Crippen LogP contribution is -2.38. The lowest BCUT2D eigenvalue weighted by molar-refractivity contribution is -0.00138. The summed E-state index contributed by atoms with van der Waals surface area (Å²) in [5.74, 6) is 2.07. The van der Waals surface area contributed by atoms with Crippen LogP contribution in [0.15, 0.2) is 152 Å². The van der Waals surface area contributed by atoms with E-state index in [1.54, 1.807) is 12.1 Å². The molecule has 1 aliphatic heterocycles. The van der Waals surface area contributed by atoms with E-state index in [-0.39, 0.29) is 12.4 Å². The van der Waals surface area contributed by atoms with E-state index in [1.807, 2.05) is 140 Å². The Kier molecular flexibility index (Phi) is 10.6. The Hall–Kier alpha value is -6.05. The summed E-state index contributed by atoms with van der Waals surface area (Å²) in [7, 11) is 1.51. The molecule has 7 nitrogen and oxygen atoms in total. The molecular formula is C44H38O7. The summed E-state index contributed by atoms with van der Waals surface area (Å²) in [5, 5.41) is 0. The molecule has 7 heteroatoms. The highest BCUT2D eigenvalue weighted by Gasteiger charge is 2.41. The maximum Gasteiger partial charge on any atom is 0.203 e. The normalized spacial score (nSPS) is 15.0. The maximum absolute atomic E-state index is 14.3. The van der Waals surface area contributed by atoms with E-state index in [9.17, 15) is 4.79 Å². The second kappa shape index (κ2) is 16.1. The second-order valence-corrected chi connectivity index (χ2v) is 12.2. The highest BCUT2D eigenvalue weighted by molar-refractivity contribution is 6.06. The Bertz CT molecular complexity index is 2030. The molecule has 6 aromatic rings. The number of hydrogen-bond acceptors (Lipinski definition) is 7. The topological polar surface area (TPSA) is 72.5 Å². The minimum atomic E-state index is -0.953. The first-order valence-electron chi connectivity index (χ1n) is 16.9. The monoisotopic (exact) mass is 678 g/mol. The predicted molar refractivity (Wildman–Crippen MR) is 194 cm³/mol. The molecule has 0 aromatic heterocycles. The highest BCUT2D eigenvalue weighted by atomic mass is 16.5. The molecule has 0 N–H and O–H groups in total. The third kappa shape index (κ3) is 8.23. The van der Waals surface area contributed by atoms with Crippen molar-refractivity contribution in [3.8, 4) is 28.7 Å². The van der Waals surface area contributed by atoms with Crippen LogP contribution in [0.5, 0.6) is 28.7 Å².